The molecule has 0 radical (unpaired) electrons. The van der Waals surface area contributed by atoms with Crippen LogP contribution >= 0.6 is 23.5 Å². The summed E-state index contributed by atoms with van der Waals surface area (Å²) in [5, 5.41) is 6.91. The zero-order valence-corrected chi connectivity index (χ0v) is 12.6. The minimum atomic E-state index is -0.821. The number of hydrogen-bond acceptors (Lipinski definition) is 8. The second kappa shape index (κ2) is 6.09. The molecule has 2 aromatic rings. The average molecular weight is 312 g/mol. The first-order chi connectivity index (χ1) is 9.53. The highest BCUT2D eigenvalue weighted by Crippen LogP contribution is 2.26. The minimum absolute atomic E-state index is 0.349. The molecule has 0 bridgehead atoms. The Morgan fingerprint density at radius 2 is 2.05 bits per heavy atom. The zero-order chi connectivity index (χ0) is 14.7. The van der Waals surface area contributed by atoms with Crippen molar-refractivity contribution in [1.29, 1.82) is 0 Å². The molecular weight excluding hydrogens is 300 g/mol. The lowest BCUT2D eigenvalue weighted by Crippen LogP contribution is -2.33. The Bertz CT molecular complexity index is 719. The van der Waals surface area contributed by atoms with Crippen LogP contribution in [0.2, 0.25) is 0 Å². The number of hydrogen-bond donors (Lipinski definition) is 2. The summed E-state index contributed by atoms with van der Waals surface area (Å²) in [5.41, 5.74) is -1.57. The number of thioether (sulfide) groups is 1. The molecule has 2 rings (SSSR count). The first-order valence-electron chi connectivity index (χ1n) is 5.49. The Morgan fingerprint density at radius 1 is 1.30 bits per heavy atom. The molecule has 0 fully saturated rings. The first-order valence-corrected chi connectivity index (χ1v) is 7.53. The van der Waals surface area contributed by atoms with Gasteiger partial charge < -0.3 is 5.32 Å². The lowest BCUT2D eigenvalue weighted by Gasteiger charge is -2.07. The molecule has 106 valence electrons. The predicted octanol–water partition coefficient (Wildman–Crippen LogP) is 0.173. The van der Waals surface area contributed by atoms with Gasteiger partial charge in [0.05, 0.1) is 0 Å². The highest BCUT2D eigenvalue weighted by atomic mass is 32.2. The molecule has 0 unspecified atom stereocenters. The molecular formula is C10H12N6O2S2. The van der Waals surface area contributed by atoms with E-state index in [4.69, 9.17) is 0 Å². The normalized spacial score (nSPS) is 10.6. The van der Waals surface area contributed by atoms with E-state index < -0.39 is 11.1 Å². The van der Waals surface area contributed by atoms with Crippen LogP contribution in [-0.4, -0.2) is 38.0 Å². The van der Waals surface area contributed by atoms with Crippen molar-refractivity contribution in [3.05, 3.63) is 26.8 Å². The van der Waals surface area contributed by atoms with Gasteiger partial charge in [0.1, 0.15) is 10.8 Å². The lowest BCUT2D eigenvalue weighted by molar-refractivity contribution is 0.596. The summed E-state index contributed by atoms with van der Waals surface area (Å²) in [5.74, 6) is 0.668. The number of rotatable bonds is 4. The Hall–Kier alpha value is -1.81. The Kier molecular flexibility index (Phi) is 4.45. The standard InChI is InChI=1S/C10H12N6O2S2/c1-11-5-4-6(13-9(12-5)19-3)20-10-14-7(17)8(18)15-16(10)2/h4H,1-3H3,(H,15,18)(H,11,12,13). The van der Waals surface area contributed by atoms with Gasteiger partial charge in [0.15, 0.2) is 10.3 Å². The molecule has 0 amide bonds. The fourth-order valence-electron chi connectivity index (χ4n) is 1.32. The number of aromatic nitrogens is 5. The monoisotopic (exact) mass is 312 g/mol. The van der Waals surface area contributed by atoms with E-state index in [1.165, 1.54) is 28.2 Å². The van der Waals surface area contributed by atoms with Crippen molar-refractivity contribution in [2.24, 2.45) is 7.05 Å². The molecule has 0 saturated carbocycles. The van der Waals surface area contributed by atoms with Crippen molar-refractivity contribution in [1.82, 2.24) is 24.7 Å². The predicted molar refractivity (Wildman–Crippen MR) is 77.6 cm³/mol. The Labute approximate surface area is 122 Å². The van der Waals surface area contributed by atoms with Crippen molar-refractivity contribution in [3.8, 4) is 0 Å². The summed E-state index contributed by atoms with van der Waals surface area (Å²) in [6.07, 6.45) is 1.87. The van der Waals surface area contributed by atoms with E-state index in [2.05, 4.69) is 25.4 Å². The van der Waals surface area contributed by atoms with Gasteiger partial charge in [-0.1, -0.05) is 11.8 Å². The van der Waals surface area contributed by atoms with E-state index in [0.29, 0.717) is 21.2 Å². The van der Waals surface area contributed by atoms with Gasteiger partial charge in [-0.05, 0) is 18.0 Å². The molecule has 2 aromatic heterocycles. The molecule has 0 aliphatic carbocycles. The van der Waals surface area contributed by atoms with Crippen LogP contribution in [0.5, 0.6) is 0 Å². The van der Waals surface area contributed by atoms with Crippen LogP contribution < -0.4 is 16.4 Å². The Morgan fingerprint density at radius 3 is 2.70 bits per heavy atom. The molecule has 8 nitrogen and oxygen atoms in total. The molecule has 0 spiro atoms. The first kappa shape index (κ1) is 14.6. The van der Waals surface area contributed by atoms with Gasteiger partial charge in [-0.15, -0.1) is 0 Å². The van der Waals surface area contributed by atoms with Crippen LogP contribution in [0.1, 0.15) is 0 Å². The van der Waals surface area contributed by atoms with Crippen LogP contribution in [0.25, 0.3) is 0 Å². The van der Waals surface area contributed by atoms with Crippen LogP contribution in [0.15, 0.2) is 31.0 Å². The van der Waals surface area contributed by atoms with Crippen molar-refractivity contribution in [2.45, 2.75) is 15.3 Å². The molecule has 10 heteroatoms. The maximum atomic E-state index is 11.3. The van der Waals surface area contributed by atoms with Crippen molar-refractivity contribution in [3.63, 3.8) is 0 Å². The summed E-state index contributed by atoms with van der Waals surface area (Å²) in [4.78, 5) is 34.7. The highest BCUT2D eigenvalue weighted by Gasteiger charge is 2.09. The molecule has 0 saturated heterocycles. The van der Waals surface area contributed by atoms with E-state index >= 15 is 0 Å². The molecule has 2 heterocycles. The summed E-state index contributed by atoms with van der Waals surface area (Å²) in [6.45, 7) is 0. The average Bonchev–Trinajstić information content (AvgIpc) is 2.44. The quantitative estimate of drug-likeness (QED) is 0.356. The number of nitrogens with one attached hydrogen (secondary N) is 2. The minimum Gasteiger partial charge on any atom is -0.373 e. The fourth-order valence-corrected chi connectivity index (χ4v) is 2.56. The van der Waals surface area contributed by atoms with E-state index in [0.717, 1.165) is 0 Å². The number of nitrogens with zero attached hydrogens (tertiary/aromatic N) is 4. The third-order valence-electron chi connectivity index (χ3n) is 2.26. The van der Waals surface area contributed by atoms with Gasteiger partial charge in [0, 0.05) is 20.2 Å². The van der Waals surface area contributed by atoms with E-state index in [-0.39, 0.29) is 0 Å². The van der Waals surface area contributed by atoms with E-state index in [9.17, 15) is 9.59 Å². The van der Waals surface area contributed by atoms with Crippen molar-refractivity contribution in [2.75, 3.05) is 18.6 Å². The highest BCUT2D eigenvalue weighted by molar-refractivity contribution is 7.99. The van der Waals surface area contributed by atoms with Crippen molar-refractivity contribution < 1.29 is 0 Å². The summed E-state index contributed by atoms with van der Waals surface area (Å²) < 4.78 is 1.38. The summed E-state index contributed by atoms with van der Waals surface area (Å²) >= 11 is 2.58. The van der Waals surface area contributed by atoms with Gasteiger partial charge in [-0.3, -0.25) is 19.4 Å². The molecule has 0 aromatic carbocycles. The van der Waals surface area contributed by atoms with Crippen molar-refractivity contribution >= 4 is 29.3 Å². The number of anilines is 1. The van der Waals surface area contributed by atoms with Gasteiger partial charge in [0.2, 0.25) is 0 Å². The molecule has 2 N–H and O–H groups in total. The lowest BCUT2D eigenvalue weighted by atomic mass is 10.6. The molecule has 0 aliphatic rings. The Balaban J connectivity index is 2.41. The maximum Gasteiger partial charge on any atom is 0.339 e. The second-order valence-electron chi connectivity index (χ2n) is 3.63. The van der Waals surface area contributed by atoms with Crippen LogP contribution in [-0.2, 0) is 7.05 Å². The van der Waals surface area contributed by atoms with Crippen LogP contribution in [0.4, 0.5) is 5.82 Å². The van der Waals surface area contributed by atoms with Crippen LogP contribution in [0.3, 0.4) is 0 Å². The summed E-state index contributed by atoms with van der Waals surface area (Å²) in [7, 11) is 3.36. The number of H-pyrrole nitrogens is 1. The SMILES string of the molecule is CNc1cc(Sc2nc(=O)c(=O)[nH]n2C)nc(SC)n1. The summed E-state index contributed by atoms with van der Waals surface area (Å²) in [6, 6.07) is 1.74. The van der Waals surface area contributed by atoms with Gasteiger partial charge in [0.25, 0.3) is 0 Å². The smallest absolute Gasteiger partial charge is 0.339 e. The topological polar surface area (TPSA) is 106 Å². The van der Waals surface area contributed by atoms with Crippen LogP contribution in [0, 0.1) is 0 Å². The fraction of sp³-hybridized carbons (Fsp3) is 0.300. The molecule has 20 heavy (non-hydrogen) atoms. The third kappa shape index (κ3) is 3.20. The van der Waals surface area contributed by atoms with Gasteiger partial charge >= 0.3 is 11.1 Å². The maximum absolute atomic E-state index is 11.3. The second-order valence-corrected chi connectivity index (χ2v) is 5.39. The van der Waals surface area contributed by atoms with E-state index in [1.54, 1.807) is 20.2 Å². The van der Waals surface area contributed by atoms with Gasteiger partial charge in [-0.25, -0.2) is 9.97 Å². The third-order valence-corrected chi connectivity index (χ3v) is 3.78. The van der Waals surface area contributed by atoms with E-state index in [1.807, 2.05) is 6.26 Å². The largest absolute Gasteiger partial charge is 0.373 e. The molecule has 0 atom stereocenters. The zero-order valence-electron chi connectivity index (χ0n) is 11.0. The molecule has 0 aliphatic heterocycles. The van der Waals surface area contributed by atoms with Gasteiger partial charge in [-0.2, -0.15) is 4.98 Å². The number of aromatic amines is 1. The number of aryl methyl sites for hydroxylation is 1.